The molecule has 0 aliphatic heterocycles. The van der Waals surface area contributed by atoms with Crippen LogP contribution in [0.4, 0.5) is 0 Å². The predicted molar refractivity (Wildman–Crippen MR) is 91.7 cm³/mol. The summed E-state index contributed by atoms with van der Waals surface area (Å²) >= 11 is 0. The van der Waals surface area contributed by atoms with Crippen LogP contribution in [0.2, 0.25) is 0 Å². The van der Waals surface area contributed by atoms with Crippen LogP contribution in [0.25, 0.3) is 0 Å². The van der Waals surface area contributed by atoms with Gasteiger partial charge < -0.3 is 0 Å². The number of rotatable bonds is 6. The molecule has 0 fully saturated rings. The lowest BCUT2D eigenvalue weighted by molar-refractivity contribution is 0.845. The summed E-state index contributed by atoms with van der Waals surface area (Å²) in [6, 6.07) is 20.6. The van der Waals surface area contributed by atoms with E-state index in [4.69, 9.17) is 0 Å². The summed E-state index contributed by atoms with van der Waals surface area (Å²) in [5.74, 6) is 0. The first-order valence-electron chi connectivity index (χ1n) is 7.40. The van der Waals surface area contributed by atoms with Crippen molar-refractivity contribution in [3.05, 3.63) is 71.8 Å². The molecule has 2 heteroatoms. The van der Waals surface area contributed by atoms with E-state index in [2.05, 4.69) is 48.1 Å². The Morgan fingerprint density at radius 2 is 1.05 bits per heavy atom. The molecule has 0 aliphatic rings. The Hall–Kier alpha value is -2.22. The molecule has 2 nitrogen and oxygen atoms in total. The van der Waals surface area contributed by atoms with Gasteiger partial charge in [-0.3, -0.25) is 9.98 Å². The molecule has 2 rings (SSSR count). The van der Waals surface area contributed by atoms with E-state index in [1.54, 1.807) is 0 Å². The minimum absolute atomic E-state index is 0.826. The fourth-order valence-electron chi connectivity index (χ4n) is 2.11. The Kier molecular flexibility index (Phi) is 5.89. The Morgan fingerprint density at radius 1 is 0.667 bits per heavy atom. The predicted octanol–water partition coefficient (Wildman–Crippen LogP) is 4.39. The monoisotopic (exact) mass is 278 g/mol. The van der Waals surface area contributed by atoms with Gasteiger partial charge in [-0.2, -0.15) is 0 Å². The van der Waals surface area contributed by atoms with Gasteiger partial charge in [0.15, 0.2) is 0 Å². The maximum absolute atomic E-state index is 4.61. The third kappa shape index (κ3) is 4.99. The van der Waals surface area contributed by atoms with Crippen LogP contribution in [0.5, 0.6) is 0 Å². The minimum Gasteiger partial charge on any atom is -0.289 e. The fraction of sp³-hybridized carbons (Fsp3) is 0.263. The molecule has 0 amide bonds. The quantitative estimate of drug-likeness (QED) is 0.553. The van der Waals surface area contributed by atoms with Gasteiger partial charge in [0, 0.05) is 24.5 Å². The molecule has 2 aromatic carbocycles. The first kappa shape index (κ1) is 15.2. The lowest BCUT2D eigenvalue weighted by atomic mass is 10.1. The van der Waals surface area contributed by atoms with E-state index in [-0.39, 0.29) is 0 Å². The van der Waals surface area contributed by atoms with Crippen LogP contribution >= 0.6 is 0 Å². The van der Waals surface area contributed by atoms with Gasteiger partial charge in [-0.1, -0.05) is 60.7 Å². The lowest BCUT2D eigenvalue weighted by Gasteiger charge is -2.02. The average Bonchev–Trinajstić information content (AvgIpc) is 2.55. The molecule has 0 saturated heterocycles. The van der Waals surface area contributed by atoms with E-state index in [0.717, 1.165) is 30.9 Å². The van der Waals surface area contributed by atoms with Gasteiger partial charge in [0.25, 0.3) is 0 Å². The number of nitrogens with zero attached hydrogens (tertiary/aromatic N) is 2. The highest BCUT2D eigenvalue weighted by Crippen LogP contribution is 2.03. The van der Waals surface area contributed by atoms with Crippen LogP contribution < -0.4 is 0 Å². The van der Waals surface area contributed by atoms with Crippen LogP contribution in [0.15, 0.2) is 70.6 Å². The molecular formula is C19H22N2. The molecule has 0 heterocycles. The van der Waals surface area contributed by atoms with Crippen molar-refractivity contribution in [1.29, 1.82) is 0 Å². The molecule has 0 N–H and O–H groups in total. The third-order valence-electron chi connectivity index (χ3n) is 3.40. The highest BCUT2D eigenvalue weighted by Gasteiger charge is 1.96. The summed E-state index contributed by atoms with van der Waals surface area (Å²) in [6.45, 7) is 5.78. The zero-order chi connectivity index (χ0) is 14.9. The Balaban J connectivity index is 1.80. The Bertz CT molecular complexity index is 542. The summed E-state index contributed by atoms with van der Waals surface area (Å²) < 4.78 is 0. The SMILES string of the molecule is CC(=NCCCN=C(C)c1ccccc1)c1ccccc1. The van der Waals surface area contributed by atoms with Crippen molar-refractivity contribution in [2.24, 2.45) is 9.98 Å². The van der Waals surface area contributed by atoms with Crippen molar-refractivity contribution < 1.29 is 0 Å². The molecule has 21 heavy (non-hydrogen) atoms. The maximum Gasteiger partial charge on any atom is 0.0410 e. The van der Waals surface area contributed by atoms with Gasteiger partial charge in [-0.05, 0) is 31.4 Å². The normalized spacial score (nSPS) is 12.5. The van der Waals surface area contributed by atoms with Gasteiger partial charge in [-0.15, -0.1) is 0 Å². The molecule has 0 bridgehead atoms. The average molecular weight is 278 g/mol. The van der Waals surface area contributed by atoms with Crippen LogP contribution in [-0.2, 0) is 0 Å². The van der Waals surface area contributed by atoms with E-state index >= 15 is 0 Å². The van der Waals surface area contributed by atoms with Crippen molar-refractivity contribution in [3.8, 4) is 0 Å². The van der Waals surface area contributed by atoms with Gasteiger partial charge in [0.2, 0.25) is 0 Å². The zero-order valence-electron chi connectivity index (χ0n) is 12.8. The van der Waals surface area contributed by atoms with Crippen LogP contribution in [0, 0.1) is 0 Å². The molecule has 2 aromatic rings. The first-order valence-corrected chi connectivity index (χ1v) is 7.40. The highest BCUT2D eigenvalue weighted by atomic mass is 14.8. The highest BCUT2D eigenvalue weighted by molar-refractivity contribution is 5.99. The number of hydrogen-bond acceptors (Lipinski definition) is 2. The number of hydrogen-bond donors (Lipinski definition) is 0. The Labute approximate surface area is 127 Å². The summed E-state index contributed by atoms with van der Waals surface area (Å²) in [5.41, 5.74) is 4.58. The smallest absolute Gasteiger partial charge is 0.0410 e. The van der Waals surface area contributed by atoms with E-state index in [0.29, 0.717) is 0 Å². The zero-order valence-corrected chi connectivity index (χ0v) is 12.8. The van der Waals surface area contributed by atoms with Crippen molar-refractivity contribution in [3.63, 3.8) is 0 Å². The van der Waals surface area contributed by atoms with Crippen LogP contribution in [0.3, 0.4) is 0 Å². The van der Waals surface area contributed by atoms with Gasteiger partial charge in [-0.25, -0.2) is 0 Å². The molecule has 0 aromatic heterocycles. The maximum atomic E-state index is 4.61. The van der Waals surface area contributed by atoms with Crippen molar-refractivity contribution in [2.75, 3.05) is 13.1 Å². The van der Waals surface area contributed by atoms with Crippen LogP contribution in [0.1, 0.15) is 31.4 Å². The molecular weight excluding hydrogens is 256 g/mol. The molecule has 0 saturated carbocycles. The largest absolute Gasteiger partial charge is 0.289 e. The van der Waals surface area contributed by atoms with Gasteiger partial charge in [0.1, 0.15) is 0 Å². The van der Waals surface area contributed by atoms with Gasteiger partial charge >= 0.3 is 0 Å². The molecule has 108 valence electrons. The fourth-order valence-corrected chi connectivity index (χ4v) is 2.11. The molecule has 0 aliphatic carbocycles. The second-order valence-electron chi connectivity index (χ2n) is 5.02. The van der Waals surface area contributed by atoms with Crippen molar-refractivity contribution in [1.82, 2.24) is 0 Å². The third-order valence-corrected chi connectivity index (χ3v) is 3.40. The van der Waals surface area contributed by atoms with Crippen molar-refractivity contribution in [2.45, 2.75) is 20.3 Å². The molecule has 0 atom stereocenters. The second-order valence-corrected chi connectivity index (χ2v) is 5.02. The Morgan fingerprint density at radius 3 is 1.43 bits per heavy atom. The minimum atomic E-state index is 0.826. The van der Waals surface area contributed by atoms with E-state index < -0.39 is 0 Å². The van der Waals surface area contributed by atoms with Crippen molar-refractivity contribution >= 4 is 11.4 Å². The summed E-state index contributed by atoms with van der Waals surface area (Å²) in [6.07, 6.45) is 0.981. The molecule has 0 radical (unpaired) electrons. The van der Waals surface area contributed by atoms with E-state index in [1.807, 2.05) is 36.4 Å². The molecule has 0 unspecified atom stereocenters. The van der Waals surface area contributed by atoms with E-state index in [1.165, 1.54) is 11.1 Å². The topological polar surface area (TPSA) is 24.7 Å². The van der Waals surface area contributed by atoms with Crippen LogP contribution in [-0.4, -0.2) is 24.5 Å². The van der Waals surface area contributed by atoms with Gasteiger partial charge in [0.05, 0.1) is 0 Å². The summed E-state index contributed by atoms with van der Waals surface area (Å²) in [4.78, 5) is 9.22. The standard InChI is InChI=1S/C19H22N2/c1-16(18-10-5-3-6-11-18)20-14-9-15-21-17(2)19-12-7-4-8-13-19/h3-8,10-13H,9,14-15H2,1-2H3. The molecule has 0 spiro atoms. The number of aliphatic imine (C=N–C) groups is 2. The summed E-state index contributed by atoms with van der Waals surface area (Å²) in [7, 11) is 0. The lowest BCUT2D eigenvalue weighted by Crippen LogP contribution is -1.99. The van der Waals surface area contributed by atoms with E-state index in [9.17, 15) is 0 Å². The second kappa shape index (κ2) is 8.15. The summed E-state index contributed by atoms with van der Waals surface area (Å²) in [5, 5.41) is 0. The number of benzene rings is 2. The first-order chi connectivity index (χ1) is 10.3.